The quantitative estimate of drug-likeness (QED) is 0.568. The molecular weight excluding hydrogens is 448 g/mol. The second-order valence-corrected chi connectivity index (χ2v) is 12.0. The van der Waals surface area contributed by atoms with E-state index in [0.717, 1.165) is 5.69 Å². The highest BCUT2D eigenvalue weighted by Crippen LogP contribution is 2.23. The standard InChI is InChI=1S/C22H30N4O4S2/c1-22(2,3)19-15-18(24(4)23-19)21(28)26-12-8-11-25(26)20(27)16-31-13-14-32(29,30)17-9-6-5-7-10-17/h5-7,9-10,15H,8,11-14,16H2,1-4H3. The third-order valence-electron chi connectivity index (χ3n) is 5.25. The van der Waals surface area contributed by atoms with Gasteiger partial charge in [-0.05, 0) is 24.6 Å². The van der Waals surface area contributed by atoms with Gasteiger partial charge in [0.15, 0.2) is 9.84 Å². The van der Waals surface area contributed by atoms with E-state index in [-0.39, 0.29) is 33.6 Å². The van der Waals surface area contributed by atoms with Crippen molar-refractivity contribution in [2.75, 3.05) is 30.3 Å². The number of nitrogens with zero attached hydrogens (tertiary/aromatic N) is 4. The minimum Gasteiger partial charge on any atom is -0.272 e. The summed E-state index contributed by atoms with van der Waals surface area (Å²) in [7, 11) is -1.64. The molecule has 2 heterocycles. The van der Waals surface area contributed by atoms with Crippen LogP contribution in [-0.4, -0.2) is 70.4 Å². The van der Waals surface area contributed by atoms with Gasteiger partial charge in [0.25, 0.3) is 11.8 Å². The zero-order valence-corrected chi connectivity index (χ0v) is 20.6. The van der Waals surface area contributed by atoms with Gasteiger partial charge in [0.1, 0.15) is 5.69 Å². The molecule has 10 heteroatoms. The molecule has 0 spiro atoms. The predicted molar refractivity (Wildman–Crippen MR) is 125 cm³/mol. The summed E-state index contributed by atoms with van der Waals surface area (Å²) in [5.74, 6) is -0.0646. The zero-order valence-electron chi connectivity index (χ0n) is 18.9. The minimum absolute atomic E-state index is 0.0395. The van der Waals surface area contributed by atoms with Crippen LogP contribution in [0.4, 0.5) is 0 Å². The fraction of sp³-hybridized carbons (Fsp3) is 0.500. The topological polar surface area (TPSA) is 92.6 Å². The fourth-order valence-electron chi connectivity index (χ4n) is 3.40. The lowest BCUT2D eigenvalue weighted by Gasteiger charge is -2.27. The molecule has 2 amide bonds. The van der Waals surface area contributed by atoms with E-state index >= 15 is 0 Å². The highest BCUT2D eigenvalue weighted by Gasteiger charge is 2.33. The first-order chi connectivity index (χ1) is 15.0. The molecule has 1 aromatic heterocycles. The molecule has 0 atom stereocenters. The van der Waals surface area contributed by atoms with Gasteiger partial charge in [0.2, 0.25) is 0 Å². The van der Waals surface area contributed by atoms with Gasteiger partial charge in [-0.2, -0.15) is 16.9 Å². The van der Waals surface area contributed by atoms with Crippen LogP contribution < -0.4 is 0 Å². The summed E-state index contributed by atoms with van der Waals surface area (Å²) in [6.07, 6.45) is 0.703. The molecule has 2 aromatic rings. The number of amides is 2. The fourth-order valence-corrected chi connectivity index (χ4v) is 6.02. The number of aromatic nitrogens is 2. The highest BCUT2D eigenvalue weighted by molar-refractivity contribution is 8.01. The zero-order chi connectivity index (χ0) is 23.5. The molecule has 1 fully saturated rings. The number of carbonyl (C=O) groups excluding carboxylic acids is 2. The molecule has 1 aliphatic heterocycles. The predicted octanol–water partition coefficient (Wildman–Crippen LogP) is 2.51. The SMILES string of the molecule is Cn1nc(C(C)(C)C)cc1C(=O)N1CCCN1C(=O)CSCCS(=O)(=O)c1ccccc1. The summed E-state index contributed by atoms with van der Waals surface area (Å²) in [6, 6.07) is 10.1. The average Bonchev–Trinajstić information content (AvgIpc) is 3.38. The van der Waals surface area contributed by atoms with Gasteiger partial charge in [-0.3, -0.25) is 19.3 Å². The van der Waals surface area contributed by atoms with Crippen molar-refractivity contribution in [1.82, 2.24) is 19.8 Å². The normalized spacial score (nSPS) is 14.8. The maximum atomic E-state index is 13.1. The largest absolute Gasteiger partial charge is 0.290 e. The number of hydrazine groups is 1. The Labute approximate surface area is 193 Å². The van der Waals surface area contributed by atoms with Crippen molar-refractivity contribution in [1.29, 1.82) is 0 Å². The lowest BCUT2D eigenvalue weighted by Crippen LogP contribution is -2.46. The maximum absolute atomic E-state index is 13.1. The van der Waals surface area contributed by atoms with E-state index in [0.29, 0.717) is 31.0 Å². The van der Waals surface area contributed by atoms with E-state index < -0.39 is 9.84 Å². The van der Waals surface area contributed by atoms with Crippen LogP contribution in [0, 0.1) is 0 Å². The molecule has 1 saturated heterocycles. The van der Waals surface area contributed by atoms with Crippen molar-refractivity contribution in [3.05, 3.63) is 47.8 Å². The van der Waals surface area contributed by atoms with Crippen LogP contribution in [0.5, 0.6) is 0 Å². The molecule has 32 heavy (non-hydrogen) atoms. The molecule has 0 radical (unpaired) electrons. The van der Waals surface area contributed by atoms with E-state index in [2.05, 4.69) is 5.10 Å². The Balaban J connectivity index is 1.58. The third-order valence-corrected chi connectivity index (χ3v) is 8.18. The molecule has 0 bridgehead atoms. The number of hydrogen-bond acceptors (Lipinski definition) is 6. The van der Waals surface area contributed by atoms with Crippen LogP contribution in [0.2, 0.25) is 0 Å². The van der Waals surface area contributed by atoms with Gasteiger partial charge < -0.3 is 0 Å². The first-order valence-corrected chi connectivity index (χ1v) is 13.3. The summed E-state index contributed by atoms with van der Waals surface area (Å²) in [5, 5.41) is 7.41. The van der Waals surface area contributed by atoms with Crippen molar-refractivity contribution in [3.63, 3.8) is 0 Å². The summed E-state index contributed by atoms with van der Waals surface area (Å²) in [6.45, 7) is 7.03. The Kier molecular flexibility index (Phi) is 7.34. The Morgan fingerprint density at radius 2 is 1.75 bits per heavy atom. The van der Waals surface area contributed by atoms with E-state index in [4.69, 9.17) is 0 Å². The van der Waals surface area contributed by atoms with E-state index in [9.17, 15) is 18.0 Å². The van der Waals surface area contributed by atoms with Gasteiger partial charge in [0.05, 0.1) is 22.1 Å². The summed E-state index contributed by atoms with van der Waals surface area (Å²) < 4.78 is 26.3. The van der Waals surface area contributed by atoms with Crippen LogP contribution in [0.15, 0.2) is 41.3 Å². The molecule has 0 unspecified atom stereocenters. The van der Waals surface area contributed by atoms with Crippen molar-refractivity contribution in [3.8, 4) is 0 Å². The molecule has 0 saturated carbocycles. The Bertz CT molecular complexity index is 1080. The van der Waals surface area contributed by atoms with E-state index in [1.165, 1.54) is 21.8 Å². The van der Waals surface area contributed by atoms with Gasteiger partial charge in [0, 0.05) is 31.3 Å². The third kappa shape index (κ3) is 5.53. The Morgan fingerprint density at radius 1 is 1.09 bits per heavy atom. The molecule has 1 aliphatic rings. The molecule has 1 aromatic carbocycles. The molecule has 0 N–H and O–H groups in total. The number of rotatable bonds is 7. The monoisotopic (exact) mass is 478 g/mol. The molecule has 8 nitrogen and oxygen atoms in total. The smallest absolute Gasteiger partial charge is 0.272 e. The van der Waals surface area contributed by atoms with Crippen LogP contribution in [-0.2, 0) is 27.1 Å². The van der Waals surface area contributed by atoms with Gasteiger partial charge in [-0.25, -0.2) is 13.4 Å². The second-order valence-electron chi connectivity index (χ2n) is 8.77. The maximum Gasteiger partial charge on any atom is 0.290 e. The highest BCUT2D eigenvalue weighted by atomic mass is 32.2. The molecule has 0 aliphatic carbocycles. The Hall–Kier alpha value is -2.33. The van der Waals surface area contributed by atoms with Crippen molar-refractivity contribution in [2.45, 2.75) is 37.5 Å². The lowest BCUT2D eigenvalue weighted by molar-refractivity contribution is -0.137. The average molecular weight is 479 g/mol. The van der Waals surface area contributed by atoms with Crippen LogP contribution >= 0.6 is 11.8 Å². The van der Waals surface area contributed by atoms with Crippen molar-refractivity contribution >= 4 is 33.4 Å². The van der Waals surface area contributed by atoms with E-state index in [1.54, 1.807) is 48.1 Å². The second kappa shape index (κ2) is 9.66. The molecular formula is C22H30N4O4S2. The van der Waals surface area contributed by atoms with Crippen LogP contribution in [0.1, 0.15) is 43.4 Å². The minimum atomic E-state index is -3.37. The number of carbonyl (C=O) groups is 2. The summed E-state index contributed by atoms with van der Waals surface area (Å²) in [5.41, 5.74) is 1.07. The van der Waals surface area contributed by atoms with E-state index in [1.807, 2.05) is 20.8 Å². The first kappa shape index (κ1) is 24.3. The summed E-state index contributed by atoms with van der Waals surface area (Å²) in [4.78, 5) is 26.2. The van der Waals surface area contributed by atoms with Gasteiger partial charge in [-0.15, -0.1) is 0 Å². The number of benzene rings is 1. The molecule has 174 valence electrons. The summed E-state index contributed by atoms with van der Waals surface area (Å²) >= 11 is 1.26. The molecule has 3 rings (SSSR count). The number of thioether (sulfide) groups is 1. The number of sulfone groups is 1. The number of hydrogen-bond donors (Lipinski definition) is 0. The van der Waals surface area contributed by atoms with Crippen LogP contribution in [0.3, 0.4) is 0 Å². The van der Waals surface area contributed by atoms with Crippen molar-refractivity contribution < 1.29 is 18.0 Å². The Morgan fingerprint density at radius 3 is 2.38 bits per heavy atom. The van der Waals surface area contributed by atoms with Gasteiger partial charge in [-0.1, -0.05) is 39.0 Å². The first-order valence-electron chi connectivity index (χ1n) is 10.5. The number of aryl methyl sites for hydroxylation is 1. The van der Waals surface area contributed by atoms with Crippen molar-refractivity contribution in [2.24, 2.45) is 7.05 Å². The van der Waals surface area contributed by atoms with Crippen LogP contribution in [0.25, 0.3) is 0 Å². The van der Waals surface area contributed by atoms with Gasteiger partial charge >= 0.3 is 0 Å². The lowest BCUT2D eigenvalue weighted by atomic mass is 9.92.